The maximum atomic E-state index is 14.4. The van der Waals surface area contributed by atoms with E-state index in [-0.39, 0.29) is 18.2 Å². The molecule has 0 aliphatic carbocycles. The van der Waals surface area contributed by atoms with Gasteiger partial charge in [0.25, 0.3) is 5.91 Å². The lowest BCUT2D eigenvalue weighted by Crippen LogP contribution is -2.20. The van der Waals surface area contributed by atoms with E-state index in [0.29, 0.717) is 45.1 Å². The first-order chi connectivity index (χ1) is 22.5. The number of benzene rings is 3. The van der Waals surface area contributed by atoms with Crippen molar-refractivity contribution in [1.82, 2.24) is 9.55 Å². The molecule has 3 aromatic carbocycles. The number of carboxylic acids is 1. The summed E-state index contributed by atoms with van der Waals surface area (Å²) in [6.45, 7) is 3.74. The van der Waals surface area contributed by atoms with Gasteiger partial charge in [-0.15, -0.1) is 0 Å². The zero-order valence-corrected chi connectivity index (χ0v) is 25.6. The number of hydrogen-bond acceptors (Lipinski definition) is 6. The number of nitrogens with zero attached hydrogens (tertiary/aromatic N) is 2. The second-order valence-corrected chi connectivity index (χ2v) is 11.2. The molecule has 0 saturated heterocycles. The SMILES string of the molecule is CC(C)n1c(C=C[C@@H](O)C[C@@H](O)CC(=O)O)c(-c2ccc(F)cc2)c(-c2ccc(F)cc2)c1C(=O)Nc1cccc(-c2ncco2)c1. The van der Waals surface area contributed by atoms with Crippen LogP contribution in [-0.4, -0.2) is 49.0 Å². The second kappa shape index (κ2) is 14.4. The van der Waals surface area contributed by atoms with Gasteiger partial charge in [-0.1, -0.05) is 36.4 Å². The zero-order chi connectivity index (χ0) is 33.7. The van der Waals surface area contributed by atoms with Gasteiger partial charge in [-0.25, -0.2) is 13.8 Å². The van der Waals surface area contributed by atoms with E-state index in [1.54, 1.807) is 59.2 Å². The van der Waals surface area contributed by atoms with Crippen LogP contribution in [0.1, 0.15) is 48.9 Å². The largest absolute Gasteiger partial charge is 0.481 e. The average molecular weight is 642 g/mol. The Morgan fingerprint density at radius 2 is 1.57 bits per heavy atom. The van der Waals surface area contributed by atoms with E-state index < -0.39 is 42.1 Å². The molecular weight excluding hydrogens is 608 g/mol. The summed E-state index contributed by atoms with van der Waals surface area (Å²) in [5.41, 5.74) is 3.78. The van der Waals surface area contributed by atoms with Gasteiger partial charge in [0.15, 0.2) is 0 Å². The molecule has 0 bridgehead atoms. The molecule has 0 spiro atoms. The van der Waals surface area contributed by atoms with Gasteiger partial charge >= 0.3 is 5.97 Å². The normalized spacial score (nSPS) is 12.8. The van der Waals surface area contributed by atoms with E-state index in [2.05, 4.69) is 10.3 Å². The van der Waals surface area contributed by atoms with Crippen molar-refractivity contribution in [2.24, 2.45) is 0 Å². The number of amides is 1. The fraction of sp³-hybridized carbons (Fsp3) is 0.194. The van der Waals surface area contributed by atoms with E-state index in [0.717, 1.165) is 0 Å². The van der Waals surface area contributed by atoms with Gasteiger partial charge in [0.2, 0.25) is 5.89 Å². The number of hydrogen-bond donors (Lipinski definition) is 4. The standard InChI is InChI=1S/C36H33F2N3O6/c1-21(2)41-30(15-14-28(42)19-29(43)20-31(44)45)32(22-6-10-25(37)11-7-22)33(23-8-12-26(38)13-9-23)34(41)35(46)40-27-5-3-4-24(18-27)36-39-16-17-47-36/h3-18,21,28-29,42-43H,19-20H2,1-2H3,(H,40,46)(H,44,45)/t28-,29-/m1/s1. The van der Waals surface area contributed by atoms with Crippen molar-refractivity contribution in [3.8, 4) is 33.7 Å². The van der Waals surface area contributed by atoms with Crippen LogP contribution in [0.2, 0.25) is 0 Å². The summed E-state index contributed by atoms with van der Waals surface area (Å²) >= 11 is 0. The monoisotopic (exact) mass is 641 g/mol. The van der Waals surface area contributed by atoms with Crippen molar-refractivity contribution in [3.63, 3.8) is 0 Å². The van der Waals surface area contributed by atoms with Crippen molar-refractivity contribution in [2.45, 2.75) is 44.9 Å². The molecule has 2 aromatic heterocycles. The maximum absolute atomic E-state index is 14.4. The second-order valence-electron chi connectivity index (χ2n) is 11.2. The Hall–Kier alpha value is -5.39. The summed E-state index contributed by atoms with van der Waals surface area (Å²) in [4.78, 5) is 29.6. The maximum Gasteiger partial charge on any atom is 0.305 e. The molecule has 5 rings (SSSR count). The molecule has 0 aliphatic heterocycles. The van der Waals surface area contributed by atoms with Crippen LogP contribution < -0.4 is 5.32 Å². The van der Waals surface area contributed by atoms with Gasteiger partial charge in [-0.05, 0) is 73.5 Å². The fourth-order valence-corrected chi connectivity index (χ4v) is 5.47. The number of aromatic nitrogens is 2. The van der Waals surface area contributed by atoms with Crippen LogP contribution in [-0.2, 0) is 4.79 Å². The minimum Gasteiger partial charge on any atom is -0.481 e. The summed E-state index contributed by atoms with van der Waals surface area (Å²) in [5, 5.41) is 32.8. The van der Waals surface area contributed by atoms with E-state index in [1.807, 2.05) is 13.8 Å². The topological polar surface area (TPSA) is 138 Å². The molecule has 0 fully saturated rings. The Labute approximate surface area is 269 Å². The highest BCUT2D eigenvalue weighted by molar-refractivity contribution is 6.12. The molecule has 0 radical (unpaired) electrons. The highest BCUT2D eigenvalue weighted by atomic mass is 19.1. The van der Waals surface area contributed by atoms with Gasteiger partial charge in [0.1, 0.15) is 23.6 Å². The third-order valence-corrected chi connectivity index (χ3v) is 7.44. The number of nitrogens with one attached hydrogen (secondary N) is 1. The lowest BCUT2D eigenvalue weighted by Gasteiger charge is -2.17. The van der Waals surface area contributed by atoms with Crippen LogP contribution in [0, 0.1) is 11.6 Å². The van der Waals surface area contributed by atoms with Crippen LogP contribution in [0.15, 0.2) is 95.7 Å². The Balaban J connectivity index is 1.70. The van der Waals surface area contributed by atoms with Gasteiger partial charge in [0, 0.05) is 40.5 Å². The molecule has 5 aromatic rings. The number of oxazole rings is 1. The molecule has 242 valence electrons. The number of carbonyl (C=O) groups is 2. The molecule has 1 amide bonds. The molecule has 47 heavy (non-hydrogen) atoms. The number of halogens is 2. The predicted molar refractivity (Wildman–Crippen MR) is 173 cm³/mol. The summed E-state index contributed by atoms with van der Waals surface area (Å²) in [6.07, 6.45) is 2.66. The number of carbonyl (C=O) groups excluding carboxylic acids is 1. The summed E-state index contributed by atoms with van der Waals surface area (Å²) in [7, 11) is 0. The summed E-state index contributed by atoms with van der Waals surface area (Å²) in [6, 6.07) is 18.0. The molecule has 4 N–H and O–H groups in total. The molecule has 9 nitrogen and oxygen atoms in total. The molecule has 2 atom stereocenters. The minimum absolute atomic E-state index is 0.215. The Kier molecular flexibility index (Phi) is 10.1. The van der Waals surface area contributed by atoms with Crippen LogP contribution in [0.3, 0.4) is 0 Å². The fourth-order valence-electron chi connectivity index (χ4n) is 5.47. The van der Waals surface area contributed by atoms with Gasteiger partial charge < -0.3 is 29.6 Å². The number of anilines is 1. The number of carboxylic acid groups (broad SMARTS) is 1. The van der Waals surface area contributed by atoms with Crippen molar-refractivity contribution in [1.29, 1.82) is 0 Å². The number of rotatable bonds is 12. The van der Waals surface area contributed by atoms with E-state index in [1.165, 1.54) is 42.8 Å². The molecule has 0 saturated carbocycles. The van der Waals surface area contributed by atoms with Gasteiger partial charge in [0.05, 0.1) is 24.8 Å². The average Bonchev–Trinajstić information content (AvgIpc) is 3.68. The smallest absolute Gasteiger partial charge is 0.305 e. The van der Waals surface area contributed by atoms with Crippen LogP contribution in [0.4, 0.5) is 14.5 Å². The summed E-state index contributed by atoms with van der Waals surface area (Å²) in [5.74, 6) is -2.27. The molecule has 2 heterocycles. The highest BCUT2D eigenvalue weighted by Gasteiger charge is 2.30. The molecule has 11 heteroatoms. The highest BCUT2D eigenvalue weighted by Crippen LogP contribution is 2.43. The van der Waals surface area contributed by atoms with Crippen LogP contribution in [0.25, 0.3) is 39.8 Å². The Morgan fingerprint density at radius 3 is 2.15 bits per heavy atom. The third-order valence-electron chi connectivity index (χ3n) is 7.44. The van der Waals surface area contributed by atoms with Crippen molar-refractivity contribution in [2.75, 3.05) is 5.32 Å². The van der Waals surface area contributed by atoms with Gasteiger partial charge in [-0.2, -0.15) is 0 Å². The predicted octanol–water partition coefficient (Wildman–Crippen LogP) is 7.19. The molecular formula is C36H33F2N3O6. The number of aliphatic carboxylic acids is 1. The minimum atomic E-state index is -1.29. The first-order valence-corrected chi connectivity index (χ1v) is 14.9. The molecule has 0 unspecified atom stereocenters. The van der Waals surface area contributed by atoms with E-state index in [9.17, 15) is 28.6 Å². The number of aliphatic hydroxyl groups is 2. The Bertz CT molecular complexity index is 1880. The van der Waals surface area contributed by atoms with Gasteiger partial charge in [-0.3, -0.25) is 9.59 Å². The van der Waals surface area contributed by atoms with Crippen molar-refractivity contribution in [3.05, 3.63) is 114 Å². The quantitative estimate of drug-likeness (QED) is 0.113. The summed E-state index contributed by atoms with van der Waals surface area (Å²) < 4.78 is 35.4. The Morgan fingerprint density at radius 1 is 0.936 bits per heavy atom. The van der Waals surface area contributed by atoms with E-state index in [4.69, 9.17) is 9.52 Å². The number of aliphatic hydroxyl groups excluding tert-OH is 2. The zero-order valence-electron chi connectivity index (χ0n) is 25.6. The van der Waals surface area contributed by atoms with Crippen molar-refractivity contribution >= 4 is 23.6 Å². The first kappa shape index (κ1) is 33.0. The van der Waals surface area contributed by atoms with Crippen LogP contribution in [0.5, 0.6) is 0 Å². The lowest BCUT2D eigenvalue weighted by molar-refractivity contribution is -0.139. The lowest BCUT2D eigenvalue weighted by atomic mass is 9.94. The van der Waals surface area contributed by atoms with E-state index >= 15 is 0 Å². The third kappa shape index (κ3) is 7.71. The first-order valence-electron chi connectivity index (χ1n) is 14.9. The van der Waals surface area contributed by atoms with Crippen LogP contribution >= 0.6 is 0 Å². The molecule has 0 aliphatic rings. The van der Waals surface area contributed by atoms with Crippen molar-refractivity contribution < 1.29 is 38.1 Å².